The van der Waals surface area contributed by atoms with Crippen molar-refractivity contribution < 1.29 is 9.47 Å². The molecule has 0 aliphatic carbocycles. The average molecular weight is 560 g/mol. The lowest BCUT2D eigenvalue weighted by Crippen LogP contribution is -2.46. The highest BCUT2D eigenvalue weighted by Crippen LogP contribution is 2.35. The van der Waals surface area contributed by atoms with E-state index >= 15 is 0 Å². The zero-order valence-electron chi connectivity index (χ0n) is 20.2. The van der Waals surface area contributed by atoms with Crippen molar-refractivity contribution in [1.82, 2.24) is 20.4 Å². The van der Waals surface area contributed by atoms with Gasteiger partial charge >= 0.3 is 0 Å². The van der Waals surface area contributed by atoms with E-state index in [2.05, 4.69) is 65.6 Å². The Kier molecular flexibility index (Phi) is 12.1. The summed E-state index contributed by atoms with van der Waals surface area (Å²) in [5.74, 6) is 2.37. The Labute approximate surface area is 211 Å². The van der Waals surface area contributed by atoms with Gasteiger partial charge < -0.3 is 20.1 Å². The Morgan fingerprint density at radius 1 is 1.19 bits per heavy atom. The summed E-state index contributed by atoms with van der Waals surface area (Å²) in [6.07, 6.45) is 2.45. The predicted octanol–water partition coefficient (Wildman–Crippen LogP) is 2.97. The van der Waals surface area contributed by atoms with Crippen molar-refractivity contribution >= 4 is 29.9 Å². The molecule has 2 aliphatic rings. The van der Waals surface area contributed by atoms with Gasteiger partial charge in [0.1, 0.15) is 5.75 Å². The quantitative estimate of drug-likeness (QED) is 0.290. The molecule has 7 nitrogen and oxygen atoms in total. The van der Waals surface area contributed by atoms with Crippen LogP contribution in [0.15, 0.2) is 29.3 Å². The molecule has 2 N–H and O–H groups in total. The average Bonchev–Trinajstić information content (AvgIpc) is 2.81. The Hall–Kier alpha value is -1.10. The van der Waals surface area contributed by atoms with E-state index in [-0.39, 0.29) is 24.0 Å². The SMILES string of the molecule is CCNC(=NCC(C)N1CCOCC1)NCC1CCCN(C)C1c1ccc(OC)cc1.I. The highest BCUT2D eigenvalue weighted by molar-refractivity contribution is 14.0. The zero-order valence-corrected chi connectivity index (χ0v) is 22.5. The monoisotopic (exact) mass is 559 g/mol. The summed E-state index contributed by atoms with van der Waals surface area (Å²) in [7, 11) is 3.96. The van der Waals surface area contributed by atoms with Gasteiger partial charge in [-0.3, -0.25) is 14.8 Å². The van der Waals surface area contributed by atoms with Crippen molar-refractivity contribution in [3.8, 4) is 5.75 Å². The molecule has 0 radical (unpaired) electrons. The topological polar surface area (TPSA) is 61.4 Å². The van der Waals surface area contributed by atoms with Crippen LogP contribution in [0.3, 0.4) is 0 Å². The minimum Gasteiger partial charge on any atom is -0.497 e. The molecule has 8 heteroatoms. The second-order valence-corrected chi connectivity index (χ2v) is 8.70. The molecule has 0 spiro atoms. The number of ether oxygens (including phenoxy) is 2. The van der Waals surface area contributed by atoms with Crippen LogP contribution < -0.4 is 15.4 Å². The molecule has 0 bridgehead atoms. The van der Waals surface area contributed by atoms with Crippen molar-refractivity contribution in [1.29, 1.82) is 0 Å². The fraction of sp³-hybridized carbons (Fsp3) is 0.708. The number of nitrogens with one attached hydrogen (secondary N) is 2. The van der Waals surface area contributed by atoms with Crippen molar-refractivity contribution in [2.75, 3.05) is 66.6 Å². The highest BCUT2D eigenvalue weighted by Gasteiger charge is 2.30. The van der Waals surface area contributed by atoms with Crippen molar-refractivity contribution in [2.45, 2.75) is 38.8 Å². The van der Waals surface area contributed by atoms with Crippen LogP contribution in [-0.2, 0) is 4.74 Å². The van der Waals surface area contributed by atoms with Gasteiger partial charge in [0.05, 0.1) is 26.9 Å². The maximum Gasteiger partial charge on any atom is 0.191 e. The first-order valence-electron chi connectivity index (χ1n) is 11.8. The van der Waals surface area contributed by atoms with E-state index in [1.54, 1.807) is 7.11 Å². The Balaban J connectivity index is 0.00000363. The first kappa shape index (κ1) is 27.1. The van der Waals surface area contributed by atoms with E-state index < -0.39 is 0 Å². The first-order chi connectivity index (χ1) is 15.1. The molecule has 182 valence electrons. The molecule has 2 saturated heterocycles. The standard InChI is InChI=1S/C24H41N5O2.HI/c1-5-25-24(26-17-19(2)29-13-15-31-16-14-29)27-18-21-7-6-12-28(3)23(21)20-8-10-22(30-4)11-9-20;/h8-11,19,21,23H,5-7,12-18H2,1-4H3,(H2,25,26,27);1H. The van der Waals surface area contributed by atoms with Gasteiger partial charge in [-0.1, -0.05) is 12.1 Å². The van der Waals surface area contributed by atoms with Crippen LogP contribution in [0.2, 0.25) is 0 Å². The second kappa shape index (κ2) is 14.2. The van der Waals surface area contributed by atoms with E-state index in [1.807, 2.05) is 0 Å². The first-order valence-corrected chi connectivity index (χ1v) is 11.8. The second-order valence-electron chi connectivity index (χ2n) is 8.70. The molecule has 2 heterocycles. The number of benzene rings is 1. The van der Waals surface area contributed by atoms with Gasteiger partial charge in [0, 0.05) is 38.3 Å². The third-order valence-electron chi connectivity index (χ3n) is 6.52. The summed E-state index contributed by atoms with van der Waals surface area (Å²) in [4.78, 5) is 9.85. The molecule has 1 aromatic rings. The summed E-state index contributed by atoms with van der Waals surface area (Å²) in [6, 6.07) is 9.39. The summed E-state index contributed by atoms with van der Waals surface area (Å²) in [5, 5.41) is 7.06. The molecular weight excluding hydrogens is 517 g/mol. The minimum absolute atomic E-state index is 0. The van der Waals surface area contributed by atoms with E-state index in [4.69, 9.17) is 14.5 Å². The smallest absolute Gasteiger partial charge is 0.191 e. The number of likely N-dealkylation sites (tertiary alicyclic amines) is 1. The van der Waals surface area contributed by atoms with Crippen molar-refractivity contribution in [2.24, 2.45) is 10.9 Å². The number of piperidine rings is 1. The number of aliphatic imine (C=N–C) groups is 1. The fourth-order valence-corrected chi connectivity index (χ4v) is 4.73. The van der Waals surface area contributed by atoms with Gasteiger partial charge in [0.25, 0.3) is 0 Å². The molecule has 3 unspecified atom stereocenters. The van der Waals surface area contributed by atoms with Gasteiger partial charge in [-0.2, -0.15) is 0 Å². The van der Waals surface area contributed by atoms with Crippen molar-refractivity contribution in [3.05, 3.63) is 29.8 Å². The molecule has 2 fully saturated rings. The van der Waals surface area contributed by atoms with Gasteiger partial charge in [-0.15, -0.1) is 24.0 Å². The molecule has 3 atom stereocenters. The van der Waals surface area contributed by atoms with Crippen LogP contribution in [0.4, 0.5) is 0 Å². The fourth-order valence-electron chi connectivity index (χ4n) is 4.73. The molecule has 0 aromatic heterocycles. The van der Waals surface area contributed by atoms with Crippen LogP contribution in [-0.4, -0.2) is 88.4 Å². The Bertz CT molecular complexity index is 681. The van der Waals surface area contributed by atoms with Gasteiger partial charge in [-0.05, 0) is 63.9 Å². The summed E-state index contributed by atoms with van der Waals surface area (Å²) in [6.45, 7) is 11.7. The summed E-state index contributed by atoms with van der Waals surface area (Å²) in [5.41, 5.74) is 1.36. The van der Waals surface area contributed by atoms with Gasteiger partial charge in [0.2, 0.25) is 0 Å². The number of rotatable bonds is 8. The van der Waals surface area contributed by atoms with E-state index in [1.165, 1.54) is 18.4 Å². The van der Waals surface area contributed by atoms with Crippen LogP contribution in [0.5, 0.6) is 5.75 Å². The third-order valence-corrected chi connectivity index (χ3v) is 6.52. The maximum absolute atomic E-state index is 5.47. The summed E-state index contributed by atoms with van der Waals surface area (Å²) >= 11 is 0. The summed E-state index contributed by atoms with van der Waals surface area (Å²) < 4.78 is 10.8. The highest BCUT2D eigenvalue weighted by atomic mass is 127. The normalized spacial score (nSPS) is 23.8. The van der Waals surface area contributed by atoms with Gasteiger partial charge in [0.15, 0.2) is 5.96 Å². The minimum atomic E-state index is 0. The van der Waals surface area contributed by atoms with Crippen LogP contribution >= 0.6 is 24.0 Å². The van der Waals surface area contributed by atoms with Gasteiger partial charge in [-0.25, -0.2) is 0 Å². The third kappa shape index (κ3) is 7.74. The number of nitrogens with zero attached hydrogens (tertiary/aromatic N) is 3. The maximum atomic E-state index is 5.47. The number of morpholine rings is 1. The van der Waals surface area contributed by atoms with Crippen LogP contribution in [0, 0.1) is 5.92 Å². The largest absolute Gasteiger partial charge is 0.497 e. The molecular formula is C24H42IN5O2. The number of hydrogen-bond acceptors (Lipinski definition) is 5. The van der Waals surface area contributed by atoms with Crippen molar-refractivity contribution in [3.63, 3.8) is 0 Å². The van der Waals surface area contributed by atoms with Crippen LogP contribution in [0.1, 0.15) is 38.3 Å². The number of guanidine groups is 1. The van der Waals surface area contributed by atoms with Crippen LogP contribution in [0.25, 0.3) is 0 Å². The Morgan fingerprint density at radius 2 is 1.91 bits per heavy atom. The molecule has 3 rings (SSSR count). The lowest BCUT2D eigenvalue weighted by Gasteiger charge is -2.40. The molecule has 32 heavy (non-hydrogen) atoms. The number of halogens is 1. The lowest BCUT2D eigenvalue weighted by atomic mass is 9.85. The van der Waals surface area contributed by atoms with E-state index in [9.17, 15) is 0 Å². The lowest BCUT2D eigenvalue weighted by molar-refractivity contribution is 0.0220. The molecule has 0 amide bonds. The predicted molar refractivity (Wildman–Crippen MR) is 142 cm³/mol. The molecule has 0 saturated carbocycles. The number of methoxy groups -OCH3 is 1. The number of hydrogen-bond donors (Lipinski definition) is 2. The zero-order chi connectivity index (χ0) is 22.1. The molecule has 2 aliphatic heterocycles. The molecule has 1 aromatic carbocycles. The Morgan fingerprint density at radius 3 is 2.56 bits per heavy atom. The van der Waals surface area contributed by atoms with E-state index in [0.717, 1.165) is 64.2 Å². The van der Waals surface area contributed by atoms with E-state index in [0.29, 0.717) is 18.0 Å².